The number of halogens is 1. The van der Waals surface area contributed by atoms with Crippen LogP contribution in [0.25, 0.3) is 0 Å². The van der Waals surface area contributed by atoms with Gasteiger partial charge in [0.25, 0.3) is 0 Å². The van der Waals surface area contributed by atoms with Crippen molar-refractivity contribution in [1.82, 2.24) is 10.1 Å². The molecule has 0 spiro atoms. The lowest BCUT2D eigenvalue weighted by molar-refractivity contribution is 0.404. The summed E-state index contributed by atoms with van der Waals surface area (Å²) in [4.78, 5) is 6.67. The fourth-order valence-electron chi connectivity index (χ4n) is 2.88. The summed E-state index contributed by atoms with van der Waals surface area (Å²) < 4.78 is 18.5. The van der Waals surface area contributed by atoms with Crippen molar-refractivity contribution in [2.75, 3.05) is 11.4 Å². The van der Waals surface area contributed by atoms with E-state index in [0.29, 0.717) is 11.9 Å². The Hall–Kier alpha value is -1.91. The van der Waals surface area contributed by atoms with Crippen molar-refractivity contribution in [3.8, 4) is 0 Å². The van der Waals surface area contributed by atoms with Crippen molar-refractivity contribution in [2.24, 2.45) is 0 Å². The molecule has 1 aromatic carbocycles. The lowest BCUT2D eigenvalue weighted by Crippen LogP contribution is -2.22. The Balaban J connectivity index is 1.60. The molecule has 2 aromatic rings. The summed E-state index contributed by atoms with van der Waals surface area (Å²) in [5, 5.41) is 4.08. The molecule has 1 saturated heterocycles. The Morgan fingerprint density at radius 3 is 2.70 bits per heavy atom. The van der Waals surface area contributed by atoms with Gasteiger partial charge in [-0.05, 0) is 43.4 Å². The molecule has 1 aliphatic carbocycles. The molecule has 1 atom stereocenters. The second kappa shape index (κ2) is 4.58. The van der Waals surface area contributed by atoms with Gasteiger partial charge in [-0.15, -0.1) is 0 Å². The molecule has 104 valence electrons. The molecule has 1 aliphatic heterocycles. The molecule has 2 fully saturated rings. The van der Waals surface area contributed by atoms with Gasteiger partial charge in [0, 0.05) is 12.5 Å². The van der Waals surface area contributed by atoms with Gasteiger partial charge in [0.15, 0.2) is 5.82 Å². The zero-order chi connectivity index (χ0) is 13.5. The molecule has 1 saturated carbocycles. The van der Waals surface area contributed by atoms with Crippen molar-refractivity contribution >= 4 is 6.01 Å². The maximum atomic E-state index is 13.0. The summed E-state index contributed by atoms with van der Waals surface area (Å²) in [6, 6.07) is 7.53. The quantitative estimate of drug-likeness (QED) is 0.859. The van der Waals surface area contributed by atoms with Crippen LogP contribution in [0.5, 0.6) is 0 Å². The van der Waals surface area contributed by atoms with Gasteiger partial charge in [-0.25, -0.2) is 4.39 Å². The Bertz CT molecular complexity index is 606. The van der Waals surface area contributed by atoms with E-state index in [-0.39, 0.29) is 11.9 Å². The minimum absolute atomic E-state index is 0.202. The average molecular weight is 273 g/mol. The standard InChI is InChI=1S/C15H16FN3O/c16-12-7-5-10(6-8-12)13-2-1-9-19(13)15-17-14(18-20-15)11-3-4-11/h5-8,11,13H,1-4,9H2. The Morgan fingerprint density at radius 2 is 1.95 bits per heavy atom. The molecule has 1 aromatic heterocycles. The summed E-state index contributed by atoms with van der Waals surface area (Å²) in [7, 11) is 0. The monoisotopic (exact) mass is 273 g/mol. The highest BCUT2D eigenvalue weighted by Crippen LogP contribution is 2.40. The second-order valence-electron chi connectivity index (χ2n) is 5.61. The molecule has 20 heavy (non-hydrogen) atoms. The number of rotatable bonds is 3. The first-order valence-corrected chi connectivity index (χ1v) is 7.17. The number of hydrogen-bond acceptors (Lipinski definition) is 4. The Kier molecular flexibility index (Phi) is 2.72. The molecule has 2 aliphatic rings. The predicted molar refractivity (Wildman–Crippen MR) is 72.0 cm³/mol. The predicted octanol–water partition coefficient (Wildman–Crippen LogP) is 3.43. The van der Waals surface area contributed by atoms with Crippen LogP contribution in [-0.4, -0.2) is 16.7 Å². The third-order valence-electron chi connectivity index (χ3n) is 4.13. The van der Waals surface area contributed by atoms with E-state index < -0.39 is 0 Å². The SMILES string of the molecule is Fc1ccc(C2CCCN2c2nc(C3CC3)no2)cc1. The minimum atomic E-state index is -0.202. The van der Waals surface area contributed by atoms with Gasteiger partial charge in [-0.1, -0.05) is 17.3 Å². The zero-order valence-electron chi connectivity index (χ0n) is 11.1. The number of nitrogens with zero attached hydrogens (tertiary/aromatic N) is 3. The van der Waals surface area contributed by atoms with Crippen LogP contribution < -0.4 is 4.90 Å². The molecule has 2 heterocycles. The molecule has 0 N–H and O–H groups in total. The van der Waals surface area contributed by atoms with Gasteiger partial charge in [-0.3, -0.25) is 0 Å². The van der Waals surface area contributed by atoms with Crippen LogP contribution in [0, 0.1) is 5.82 Å². The molecule has 5 heteroatoms. The molecular formula is C15H16FN3O. The van der Waals surface area contributed by atoms with Crippen LogP contribution in [-0.2, 0) is 0 Å². The van der Waals surface area contributed by atoms with Crippen LogP contribution in [0.3, 0.4) is 0 Å². The summed E-state index contributed by atoms with van der Waals surface area (Å²) in [5.74, 6) is 1.14. The smallest absolute Gasteiger partial charge is 0.317 e. The van der Waals surface area contributed by atoms with Crippen LogP contribution in [0.4, 0.5) is 10.4 Å². The zero-order valence-corrected chi connectivity index (χ0v) is 11.1. The highest BCUT2D eigenvalue weighted by molar-refractivity contribution is 5.36. The van der Waals surface area contributed by atoms with Gasteiger partial charge in [-0.2, -0.15) is 4.98 Å². The summed E-state index contributed by atoms with van der Waals surface area (Å²) >= 11 is 0. The van der Waals surface area contributed by atoms with E-state index in [4.69, 9.17) is 4.52 Å². The Morgan fingerprint density at radius 1 is 1.15 bits per heavy atom. The molecule has 4 nitrogen and oxygen atoms in total. The van der Waals surface area contributed by atoms with Gasteiger partial charge in [0.1, 0.15) is 5.82 Å². The largest absolute Gasteiger partial charge is 0.324 e. The molecular weight excluding hydrogens is 257 g/mol. The summed E-state index contributed by atoms with van der Waals surface area (Å²) in [6.07, 6.45) is 4.46. The van der Waals surface area contributed by atoms with Crippen LogP contribution in [0.15, 0.2) is 28.8 Å². The average Bonchev–Trinajstić information content (AvgIpc) is 3.01. The topological polar surface area (TPSA) is 42.2 Å². The lowest BCUT2D eigenvalue weighted by Gasteiger charge is -2.22. The normalized spacial score (nSPS) is 22.4. The van der Waals surface area contributed by atoms with Crippen LogP contribution in [0.2, 0.25) is 0 Å². The number of aromatic nitrogens is 2. The van der Waals surface area contributed by atoms with E-state index in [9.17, 15) is 4.39 Å². The van der Waals surface area contributed by atoms with Crippen molar-refractivity contribution in [3.63, 3.8) is 0 Å². The second-order valence-corrected chi connectivity index (χ2v) is 5.61. The van der Waals surface area contributed by atoms with Crippen molar-refractivity contribution in [1.29, 1.82) is 0 Å². The first kappa shape index (κ1) is 11.9. The van der Waals surface area contributed by atoms with Gasteiger partial charge >= 0.3 is 6.01 Å². The van der Waals surface area contributed by atoms with E-state index in [1.807, 2.05) is 12.1 Å². The molecule has 0 radical (unpaired) electrons. The van der Waals surface area contributed by atoms with Crippen LogP contribution in [0.1, 0.15) is 49.0 Å². The van der Waals surface area contributed by atoms with E-state index in [1.165, 1.54) is 25.0 Å². The summed E-state index contributed by atoms with van der Waals surface area (Å²) in [6.45, 7) is 0.911. The lowest BCUT2D eigenvalue weighted by atomic mass is 10.0. The van der Waals surface area contributed by atoms with Gasteiger partial charge in [0.05, 0.1) is 6.04 Å². The van der Waals surface area contributed by atoms with Crippen molar-refractivity contribution < 1.29 is 8.91 Å². The van der Waals surface area contributed by atoms with E-state index in [1.54, 1.807) is 0 Å². The van der Waals surface area contributed by atoms with Gasteiger partial charge < -0.3 is 9.42 Å². The molecule has 0 bridgehead atoms. The molecule has 1 unspecified atom stereocenters. The summed E-state index contributed by atoms with van der Waals surface area (Å²) in [5.41, 5.74) is 1.11. The van der Waals surface area contributed by atoms with Crippen molar-refractivity contribution in [2.45, 2.75) is 37.6 Å². The Labute approximate surface area is 116 Å². The van der Waals surface area contributed by atoms with Crippen LogP contribution >= 0.6 is 0 Å². The van der Waals surface area contributed by atoms with Gasteiger partial charge in [0.2, 0.25) is 0 Å². The van der Waals surface area contributed by atoms with Crippen molar-refractivity contribution in [3.05, 3.63) is 41.5 Å². The first-order chi connectivity index (χ1) is 9.81. The highest BCUT2D eigenvalue weighted by atomic mass is 19.1. The number of hydrogen-bond donors (Lipinski definition) is 0. The van der Waals surface area contributed by atoms with E-state index in [0.717, 1.165) is 30.8 Å². The number of anilines is 1. The van der Waals surface area contributed by atoms with E-state index in [2.05, 4.69) is 15.0 Å². The number of benzene rings is 1. The maximum Gasteiger partial charge on any atom is 0.324 e. The fourth-order valence-corrected chi connectivity index (χ4v) is 2.88. The third kappa shape index (κ3) is 2.07. The molecule has 0 amide bonds. The molecule has 4 rings (SSSR count). The highest BCUT2D eigenvalue weighted by Gasteiger charge is 2.33. The first-order valence-electron chi connectivity index (χ1n) is 7.17. The minimum Gasteiger partial charge on any atom is -0.317 e. The fraction of sp³-hybridized carbons (Fsp3) is 0.467. The third-order valence-corrected chi connectivity index (χ3v) is 4.13. The van der Waals surface area contributed by atoms with E-state index >= 15 is 0 Å². The maximum absolute atomic E-state index is 13.0.